The molecule has 1 fully saturated rings. The molecule has 41 heavy (non-hydrogen) atoms. The van der Waals surface area contributed by atoms with Gasteiger partial charge in [0.2, 0.25) is 5.82 Å². The number of aromatic nitrogens is 2. The number of carbonyl (C=O) groups excluding carboxylic acids is 2. The number of carbonyl (C=O) groups is 2. The van der Waals surface area contributed by atoms with Crippen molar-refractivity contribution in [3.05, 3.63) is 65.1 Å². The van der Waals surface area contributed by atoms with Gasteiger partial charge < -0.3 is 25.0 Å². The Morgan fingerprint density at radius 1 is 1.20 bits per heavy atom. The first-order valence-corrected chi connectivity index (χ1v) is 13.8. The quantitative estimate of drug-likeness (QED) is 0.377. The van der Waals surface area contributed by atoms with Crippen molar-refractivity contribution in [3.8, 4) is 17.0 Å². The average molecular weight is 606 g/mol. The number of rotatable bonds is 7. The second kappa shape index (κ2) is 12.1. The number of hydrogen-bond donors (Lipinski definition) is 2. The van der Waals surface area contributed by atoms with Gasteiger partial charge in [0.1, 0.15) is 30.0 Å². The predicted octanol–water partition coefficient (Wildman–Crippen LogP) is 4.68. The lowest BCUT2D eigenvalue weighted by Crippen LogP contribution is -2.49. The van der Waals surface area contributed by atoms with Crippen molar-refractivity contribution < 1.29 is 27.8 Å². The standard InChI is InChI=1S/C28H27Cl2F2N5O4/c1-37-22-11-17(34-15-28(14-29)6-8-40-9-7-28)3-5-23(22)41-13-21(27(37)39)35-26(38)25-33-12-19(30)24(36-25)18-10-16(31)2-4-20(18)32/h2-5,10-12,21,34H,6-9,13-15H2,1H3,(H,35,38). The van der Waals surface area contributed by atoms with E-state index in [0.717, 1.165) is 42.9 Å². The van der Waals surface area contributed by atoms with Crippen LogP contribution in [0.25, 0.3) is 11.3 Å². The van der Waals surface area contributed by atoms with Crippen molar-refractivity contribution in [1.29, 1.82) is 0 Å². The van der Waals surface area contributed by atoms with E-state index < -0.39 is 29.5 Å². The van der Waals surface area contributed by atoms with Crippen LogP contribution < -0.4 is 20.3 Å². The van der Waals surface area contributed by atoms with Crippen molar-refractivity contribution >= 4 is 46.4 Å². The van der Waals surface area contributed by atoms with Crippen LogP contribution in [0, 0.1) is 17.0 Å². The number of hydrogen-bond acceptors (Lipinski definition) is 7. The molecule has 2 N–H and O–H groups in total. The lowest BCUT2D eigenvalue weighted by Gasteiger charge is -2.36. The minimum absolute atomic E-state index is 0.0756. The van der Waals surface area contributed by atoms with E-state index >= 15 is 0 Å². The monoisotopic (exact) mass is 605 g/mol. The maximum absolute atomic E-state index is 14.4. The van der Waals surface area contributed by atoms with E-state index in [1.165, 1.54) is 4.90 Å². The molecule has 1 saturated heterocycles. The summed E-state index contributed by atoms with van der Waals surface area (Å²) in [6, 6.07) is 7.14. The van der Waals surface area contributed by atoms with Gasteiger partial charge in [0.15, 0.2) is 0 Å². The number of fused-ring (bicyclic) bond motifs is 1. The van der Waals surface area contributed by atoms with Crippen LogP contribution in [0.4, 0.5) is 20.2 Å². The van der Waals surface area contributed by atoms with Gasteiger partial charge in [0, 0.05) is 49.4 Å². The van der Waals surface area contributed by atoms with E-state index in [4.69, 9.17) is 32.7 Å². The zero-order chi connectivity index (χ0) is 29.1. The minimum atomic E-state index is -1.08. The Hall–Kier alpha value is -3.54. The molecule has 9 nitrogen and oxygen atoms in total. The third-order valence-corrected chi connectivity index (χ3v) is 8.14. The molecule has 216 valence electrons. The molecule has 2 aliphatic heterocycles. The normalized spacial score (nSPS) is 18.2. The second-order valence-corrected chi connectivity index (χ2v) is 10.7. The molecular weight excluding hydrogens is 579 g/mol. The maximum atomic E-state index is 14.4. The fourth-order valence-electron chi connectivity index (χ4n) is 4.73. The first kappa shape index (κ1) is 29.0. The SMILES string of the molecule is CN1C(=O)C(NC(=O)c2ncc(Cl)c(-c3cc(F)ccc3F)n2)COc2ccc(NCC3(CCl)CCOCC3)cc21. The summed E-state index contributed by atoms with van der Waals surface area (Å²) in [5, 5.41) is 5.93. The van der Waals surface area contributed by atoms with E-state index in [2.05, 4.69) is 20.6 Å². The molecule has 1 atom stereocenters. The van der Waals surface area contributed by atoms with Crippen molar-refractivity contribution in [2.24, 2.45) is 5.41 Å². The highest BCUT2D eigenvalue weighted by atomic mass is 35.5. The van der Waals surface area contributed by atoms with Gasteiger partial charge in [-0.05, 0) is 49.2 Å². The summed E-state index contributed by atoms with van der Waals surface area (Å²) in [5.41, 5.74) is 0.846. The van der Waals surface area contributed by atoms with E-state index in [1.54, 1.807) is 19.2 Å². The molecular formula is C28H27Cl2F2N5O4. The van der Waals surface area contributed by atoms with Gasteiger partial charge in [-0.2, -0.15) is 0 Å². The fourth-order valence-corrected chi connectivity index (χ4v) is 5.29. The van der Waals surface area contributed by atoms with Crippen LogP contribution in [-0.4, -0.2) is 67.1 Å². The Labute approximate surface area is 245 Å². The molecule has 0 radical (unpaired) electrons. The van der Waals surface area contributed by atoms with E-state index in [9.17, 15) is 18.4 Å². The number of benzene rings is 2. The molecule has 1 unspecified atom stereocenters. The number of nitrogens with one attached hydrogen (secondary N) is 2. The Morgan fingerprint density at radius 2 is 1.98 bits per heavy atom. The van der Waals surface area contributed by atoms with Crippen LogP contribution >= 0.6 is 23.2 Å². The number of nitrogens with zero attached hydrogens (tertiary/aromatic N) is 3. The van der Waals surface area contributed by atoms with Crippen LogP contribution in [-0.2, 0) is 9.53 Å². The summed E-state index contributed by atoms with van der Waals surface area (Å²) < 4.78 is 39.5. The topological polar surface area (TPSA) is 106 Å². The summed E-state index contributed by atoms with van der Waals surface area (Å²) in [4.78, 5) is 35.7. The molecule has 0 aliphatic carbocycles. The molecule has 2 aromatic carbocycles. The Morgan fingerprint density at radius 3 is 2.73 bits per heavy atom. The Kier molecular flexibility index (Phi) is 8.58. The molecule has 5 rings (SSSR count). The third kappa shape index (κ3) is 6.22. The van der Waals surface area contributed by atoms with Gasteiger partial charge in [-0.1, -0.05) is 11.6 Å². The molecule has 0 spiro atoms. The molecule has 2 aliphatic rings. The summed E-state index contributed by atoms with van der Waals surface area (Å²) in [6.07, 6.45) is 2.82. The lowest BCUT2D eigenvalue weighted by molar-refractivity contribution is -0.120. The van der Waals surface area contributed by atoms with Gasteiger partial charge in [-0.3, -0.25) is 9.59 Å². The number of alkyl halides is 1. The zero-order valence-electron chi connectivity index (χ0n) is 22.1. The van der Waals surface area contributed by atoms with Crippen molar-refractivity contribution in [2.45, 2.75) is 18.9 Å². The summed E-state index contributed by atoms with van der Waals surface area (Å²) in [6.45, 7) is 1.84. The van der Waals surface area contributed by atoms with Crippen molar-refractivity contribution in [3.63, 3.8) is 0 Å². The van der Waals surface area contributed by atoms with E-state index in [-0.39, 0.29) is 34.1 Å². The molecule has 0 saturated carbocycles. The largest absolute Gasteiger partial charge is 0.489 e. The second-order valence-electron chi connectivity index (χ2n) is 10.0. The fraction of sp³-hybridized carbons (Fsp3) is 0.357. The smallest absolute Gasteiger partial charge is 0.289 e. The number of anilines is 2. The molecule has 0 bridgehead atoms. The molecule has 2 amide bonds. The summed E-state index contributed by atoms with van der Waals surface area (Å²) >= 11 is 12.4. The highest BCUT2D eigenvalue weighted by Gasteiger charge is 2.33. The Bertz CT molecular complexity index is 1470. The summed E-state index contributed by atoms with van der Waals surface area (Å²) in [7, 11) is 1.58. The van der Waals surface area contributed by atoms with Gasteiger partial charge in [-0.15, -0.1) is 11.6 Å². The average Bonchev–Trinajstić information content (AvgIpc) is 3.10. The molecule has 3 heterocycles. The number of ether oxygens (including phenoxy) is 2. The van der Waals surface area contributed by atoms with Crippen molar-refractivity contribution in [1.82, 2.24) is 15.3 Å². The van der Waals surface area contributed by atoms with Gasteiger partial charge in [-0.25, -0.2) is 18.7 Å². The van der Waals surface area contributed by atoms with Crippen LogP contribution in [0.5, 0.6) is 5.75 Å². The Balaban J connectivity index is 1.30. The van der Waals surface area contributed by atoms with Crippen LogP contribution in [0.3, 0.4) is 0 Å². The molecule has 3 aromatic rings. The minimum Gasteiger partial charge on any atom is -0.489 e. The van der Waals surface area contributed by atoms with Gasteiger partial charge >= 0.3 is 0 Å². The van der Waals surface area contributed by atoms with Gasteiger partial charge in [0.25, 0.3) is 11.8 Å². The van der Waals surface area contributed by atoms with E-state index in [0.29, 0.717) is 37.1 Å². The van der Waals surface area contributed by atoms with Gasteiger partial charge in [0.05, 0.1) is 22.6 Å². The zero-order valence-corrected chi connectivity index (χ0v) is 23.6. The van der Waals surface area contributed by atoms with Crippen LogP contribution in [0.2, 0.25) is 5.02 Å². The highest BCUT2D eigenvalue weighted by molar-refractivity contribution is 6.33. The van der Waals surface area contributed by atoms with Crippen molar-refractivity contribution in [2.75, 3.05) is 49.5 Å². The molecule has 1 aromatic heterocycles. The van der Waals surface area contributed by atoms with Crippen LogP contribution in [0.1, 0.15) is 23.5 Å². The first-order valence-electron chi connectivity index (χ1n) is 12.9. The number of likely N-dealkylation sites (N-methyl/N-ethyl adjacent to an activating group) is 1. The first-order chi connectivity index (χ1) is 19.7. The number of halogens is 4. The highest BCUT2D eigenvalue weighted by Crippen LogP contribution is 2.36. The predicted molar refractivity (Wildman–Crippen MR) is 151 cm³/mol. The van der Waals surface area contributed by atoms with Crippen LogP contribution in [0.15, 0.2) is 42.6 Å². The van der Waals surface area contributed by atoms with E-state index in [1.807, 2.05) is 6.07 Å². The molecule has 13 heteroatoms. The number of amides is 2. The maximum Gasteiger partial charge on any atom is 0.289 e. The summed E-state index contributed by atoms with van der Waals surface area (Å²) in [5.74, 6) is -2.12. The lowest BCUT2D eigenvalue weighted by atomic mass is 9.82. The third-order valence-electron chi connectivity index (χ3n) is 7.29.